The second kappa shape index (κ2) is 6.26. The molecule has 6 heteroatoms. The van der Waals surface area contributed by atoms with Crippen molar-refractivity contribution in [1.82, 2.24) is 5.32 Å². The summed E-state index contributed by atoms with van der Waals surface area (Å²) in [6.45, 7) is 1.59. The molecule has 0 radical (unpaired) electrons. The Hall–Kier alpha value is -2.60. The van der Waals surface area contributed by atoms with E-state index in [0.717, 1.165) is 5.56 Å². The smallest absolute Gasteiger partial charge is 0.337 e. The summed E-state index contributed by atoms with van der Waals surface area (Å²) in [7, 11) is 0. The Balaban J connectivity index is 2.07. The maximum atomic E-state index is 12.4. The van der Waals surface area contributed by atoms with E-state index in [-0.39, 0.29) is 19.8 Å². The van der Waals surface area contributed by atoms with Gasteiger partial charge in [0, 0.05) is 5.70 Å². The van der Waals surface area contributed by atoms with Crippen LogP contribution in [0.2, 0.25) is 0 Å². The molecule has 1 atom stereocenters. The molecule has 2 heterocycles. The fourth-order valence-electron chi connectivity index (χ4n) is 2.93. The number of benzene rings is 1. The van der Waals surface area contributed by atoms with Gasteiger partial charge in [0.25, 0.3) is 0 Å². The number of dihydropyridines is 1. The van der Waals surface area contributed by atoms with Gasteiger partial charge in [-0.2, -0.15) is 0 Å². The topological polar surface area (TPSA) is 84.9 Å². The van der Waals surface area contributed by atoms with E-state index in [1.54, 1.807) is 6.92 Å². The van der Waals surface area contributed by atoms with Gasteiger partial charge in [-0.15, -0.1) is 0 Å². The zero-order valence-electron chi connectivity index (χ0n) is 12.7. The predicted octanol–water partition coefficient (Wildman–Crippen LogP) is 0.994. The third-order valence-corrected chi connectivity index (χ3v) is 3.89. The highest BCUT2D eigenvalue weighted by molar-refractivity contribution is 6.01. The number of carbonyl (C=O) groups excluding carboxylic acids is 2. The Bertz CT molecular complexity index is 705. The monoisotopic (exact) mass is 315 g/mol. The normalized spacial score (nSPS) is 20.1. The Morgan fingerprint density at radius 2 is 2.13 bits per heavy atom. The molecular formula is C17H17NO5. The lowest BCUT2D eigenvalue weighted by atomic mass is 9.81. The summed E-state index contributed by atoms with van der Waals surface area (Å²) in [6, 6.07) is 9.29. The van der Waals surface area contributed by atoms with Crippen molar-refractivity contribution in [2.75, 3.05) is 19.8 Å². The summed E-state index contributed by atoms with van der Waals surface area (Å²) in [4.78, 5) is 24.6. The van der Waals surface area contributed by atoms with Crippen LogP contribution in [0.25, 0.3) is 0 Å². The molecule has 0 aromatic heterocycles. The first-order valence-electron chi connectivity index (χ1n) is 7.34. The van der Waals surface area contributed by atoms with E-state index in [9.17, 15) is 9.59 Å². The van der Waals surface area contributed by atoms with E-state index < -0.39 is 17.9 Å². The van der Waals surface area contributed by atoms with Gasteiger partial charge in [-0.05, 0) is 12.5 Å². The van der Waals surface area contributed by atoms with Crippen LogP contribution in [0.5, 0.6) is 0 Å². The molecule has 2 aliphatic heterocycles. The predicted molar refractivity (Wildman–Crippen MR) is 81.0 cm³/mol. The van der Waals surface area contributed by atoms with Gasteiger partial charge in [-0.3, -0.25) is 0 Å². The lowest BCUT2D eigenvalue weighted by molar-refractivity contribution is -0.140. The fraction of sp³-hybridized carbons (Fsp3) is 0.294. The molecule has 2 aliphatic rings. The van der Waals surface area contributed by atoms with Crippen molar-refractivity contribution in [2.24, 2.45) is 0 Å². The average Bonchev–Trinajstić information content (AvgIpc) is 2.93. The molecule has 2 N–H and O–H groups in total. The molecule has 0 saturated carbocycles. The number of rotatable bonds is 4. The molecule has 6 nitrogen and oxygen atoms in total. The number of ether oxygens (including phenoxy) is 2. The highest BCUT2D eigenvalue weighted by Crippen LogP contribution is 2.41. The van der Waals surface area contributed by atoms with Crippen LogP contribution in [0.3, 0.4) is 0 Å². The Morgan fingerprint density at radius 1 is 1.39 bits per heavy atom. The van der Waals surface area contributed by atoms with Crippen LogP contribution in [0.1, 0.15) is 18.4 Å². The van der Waals surface area contributed by atoms with E-state index in [4.69, 9.17) is 14.6 Å². The second-order valence-electron chi connectivity index (χ2n) is 5.34. The maximum Gasteiger partial charge on any atom is 0.337 e. The van der Waals surface area contributed by atoms with Crippen LogP contribution in [-0.4, -0.2) is 36.9 Å². The van der Waals surface area contributed by atoms with Gasteiger partial charge in [0.2, 0.25) is 0 Å². The lowest BCUT2D eigenvalue weighted by Crippen LogP contribution is -2.30. The highest BCUT2D eigenvalue weighted by atomic mass is 16.5. The van der Waals surface area contributed by atoms with E-state index in [0.29, 0.717) is 22.5 Å². The second-order valence-corrected chi connectivity index (χ2v) is 5.34. The third-order valence-electron chi connectivity index (χ3n) is 3.89. The molecule has 23 heavy (non-hydrogen) atoms. The van der Waals surface area contributed by atoms with Crippen LogP contribution < -0.4 is 5.32 Å². The Morgan fingerprint density at radius 3 is 2.83 bits per heavy atom. The lowest BCUT2D eigenvalue weighted by Gasteiger charge is -2.27. The van der Waals surface area contributed by atoms with E-state index in [1.165, 1.54) is 0 Å². The van der Waals surface area contributed by atoms with Crippen molar-refractivity contribution < 1.29 is 24.2 Å². The molecule has 0 amide bonds. The summed E-state index contributed by atoms with van der Waals surface area (Å²) in [5, 5.41) is 11.9. The van der Waals surface area contributed by atoms with Gasteiger partial charge in [0.1, 0.15) is 13.2 Å². The van der Waals surface area contributed by atoms with Crippen molar-refractivity contribution in [3.8, 4) is 0 Å². The van der Waals surface area contributed by atoms with Crippen LogP contribution in [0.15, 0.2) is 52.9 Å². The van der Waals surface area contributed by atoms with Crippen molar-refractivity contribution in [3.05, 3.63) is 58.4 Å². The zero-order valence-corrected chi connectivity index (χ0v) is 12.7. The van der Waals surface area contributed by atoms with Crippen molar-refractivity contribution in [3.63, 3.8) is 0 Å². The minimum atomic E-state index is -0.552. The van der Waals surface area contributed by atoms with Gasteiger partial charge < -0.3 is 19.9 Å². The maximum absolute atomic E-state index is 12.4. The molecule has 3 rings (SSSR count). The number of carbonyl (C=O) groups is 2. The van der Waals surface area contributed by atoms with E-state index in [2.05, 4.69) is 5.32 Å². The first-order valence-corrected chi connectivity index (χ1v) is 7.34. The first kappa shape index (κ1) is 15.3. The number of aliphatic hydroxyl groups is 1. The summed E-state index contributed by atoms with van der Waals surface area (Å²) < 4.78 is 10.2. The molecule has 1 aromatic rings. The summed E-state index contributed by atoms with van der Waals surface area (Å²) >= 11 is 0. The highest BCUT2D eigenvalue weighted by Gasteiger charge is 2.41. The quantitative estimate of drug-likeness (QED) is 0.806. The molecule has 0 bridgehead atoms. The SMILES string of the molecule is CC1=C(C(=O)OCCO)C(c2ccccc2)C2=C(COC2=O)N1. The fourth-order valence-corrected chi connectivity index (χ4v) is 2.93. The number of nitrogens with one attached hydrogen (secondary N) is 1. The molecule has 1 aromatic carbocycles. The van der Waals surface area contributed by atoms with Gasteiger partial charge in [0.15, 0.2) is 0 Å². The summed E-state index contributed by atoms with van der Waals surface area (Å²) in [5.41, 5.74) is 2.93. The molecule has 1 unspecified atom stereocenters. The van der Waals surface area contributed by atoms with E-state index in [1.807, 2.05) is 30.3 Å². The van der Waals surface area contributed by atoms with Crippen molar-refractivity contribution >= 4 is 11.9 Å². The third kappa shape index (κ3) is 2.73. The van der Waals surface area contributed by atoms with E-state index >= 15 is 0 Å². The number of esters is 2. The molecule has 0 aliphatic carbocycles. The number of hydrogen-bond donors (Lipinski definition) is 2. The molecule has 120 valence electrons. The summed E-state index contributed by atoms with van der Waals surface area (Å²) in [5.74, 6) is -1.51. The van der Waals surface area contributed by atoms with Crippen molar-refractivity contribution in [1.29, 1.82) is 0 Å². The minimum absolute atomic E-state index is 0.0898. The van der Waals surface area contributed by atoms with Crippen molar-refractivity contribution in [2.45, 2.75) is 12.8 Å². The average molecular weight is 315 g/mol. The molecule has 0 saturated heterocycles. The Labute approximate surface area is 133 Å². The van der Waals surface area contributed by atoms with Crippen LogP contribution >= 0.6 is 0 Å². The number of aliphatic hydroxyl groups excluding tert-OH is 1. The van der Waals surface area contributed by atoms with Crippen LogP contribution in [-0.2, 0) is 19.1 Å². The molecular weight excluding hydrogens is 298 g/mol. The van der Waals surface area contributed by atoms with Gasteiger partial charge in [-0.25, -0.2) is 9.59 Å². The first-order chi connectivity index (χ1) is 11.1. The van der Waals surface area contributed by atoms with Crippen LogP contribution in [0, 0.1) is 0 Å². The number of hydrogen-bond acceptors (Lipinski definition) is 6. The van der Waals surface area contributed by atoms with Crippen LogP contribution in [0.4, 0.5) is 0 Å². The van der Waals surface area contributed by atoms with Gasteiger partial charge in [0.05, 0.1) is 29.4 Å². The number of cyclic esters (lactones) is 1. The molecule has 0 spiro atoms. The standard InChI is InChI=1S/C17H17NO5/c1-10-13(16(20)22-8-7-19)14(11-5-3-2-4-6-11)15-12(18-10)9-23-17(15)21/h2-6,14,18-19H,7-9H2,1H3. The number of allylic oxidation sites excluding steroid dienone is 1. The van der Waals surface area contributed by atoms with Gasteiger partial charge >= 0.3 is 11.9 Å². The minimum Gasteiger partial charge on any atom is -0.460 e. The zero-order chi connectivity index (χ0) is 16.4. The summed E-state index contributed by atoms with van der Waals surface area (Å²) in [6.07, 6.45) is 0. The Kier molecular flexibility index (Phi) is 4.16. The van der Waals surface area contributed by atoms with Gasteiger partial charge in [-0.1, -0.05) is 30.3 Å². The molecule has 0 fully saturated rings. The largest absolute Gasteiger partial charge is 0.460 e.